The molecule has 0 aliphatic heterocycles. The molecule has 0 atom stereocenters. The molecule has 0 spiro atoms. The molecule has 0 bridgehead atoms. The van der Waals surface area contributed by atoms with Crippen LogP contribution in [0.1, 0.15) is 25.0 Å². The Balaban J connectivity index is 2.15. The first kappa shape index (κ1) is 19.6. The number of hydrogen-bond acceptors (Lipinski definition) is 3. The van der Waals surface area contributed by atoms with Gasteiger partial charge in [-0.2, -0.15) is 8.42 Å². The van der Waals surface area contributed by atoms with E-state index in [1.807, 2.05) is 13.0 Å². The molecular weight excluding hydrogens is 372 g/mol. The number of ketones is 1. The van der Waals surface area contributed by atoms with Gasteiger partial charge in [-0.3, -0.25) is 4.79 Å². The molecule has 2 aromatic carbocycles. The minimum atomic E-state index is -3.94. The van der Waals surface area contributed by atoms with Crippen LogP contribution >= 0.6 is 0 Å². The molecule has 0 heterocycles. The van der Waals surface area contributed by atoms with E-state index in [9.17, 15) is 13.2 Å². The predicted molar refractivity (Wildman–Crippen MR) is 111 cm³/mol. The largest absolute Gasteiger partial charge is 0.290 e. The molecule has 0 aromatic heterocycles. The van der Waals surface area contributed by atoms with E-state index in [1.165, 1.54) is 18.2 Å². The molecule has 1 aliphatic carbocycles. The Morgan fingerprint density at radius 3 is 2.11 bits per heavy atom. The minimum absolute atomic E-state index is 0.0716. The Hall–Kier alpha value is -3.12. The second-order valence-corrected chi connectivity index (χ2v) is 8.12. The summed E-state index contributed by atoms with van der Waals surface area (Å²) in [5.41, 5.74) is 3.32. The lowest BCUT2D eigenvalue weighted by atomic mass is 9.97. The number of sulfonamides is 1. The maximum atomic E-state index is 12.8. The summed E-state index contributed by atoms with van der Waals surface area (Å²) in [6.07, 6.45) is 3.01. The first-order chi connectivity index (χ1) is 13.3. The normalized spacial score (nSPS) is 16.8. The zero-order chi connectivity index (χ0) is 20.3. The van der Waals surface area contributed by atoms with Crippen LogP contribution in [-0.2, 0) is 14.8 Å². The van der Waals surface area contributed by atoms with Gasteiger partial charge in [0.2, 0.25) is 0 Å². The van der Waals surface area contributed by atoms with Gasteiger partial charge in [0, 0.05) is 11.1 Å². The third-order valence-electron chi connectivity index (χ3n) is 4.49. The monoisotopic (exact) mass is 392 g/mol. The van der Waals surface area contributed by atoms with Crippen LogP contribution in [0.2, 0.25) is 0 Å². The number of carbonyl (C=O) groups is 1. The SMILES string of the molecule is CC1=C(C)C(=N/C(=N\S(=O)(=O)c2ccc(C)cc2)c2ccccc2)C=CC1=O. The Morgan fingerprint density at radius 2 is 1.46 bits per heavy atom. The van der Waals surface area contributed by atoms with Crippen molar-refractivity contribution in [2.45, 2.75) is 25.7 Å². The highest BCUT2D eigenvalue weighted by molar-refractivity contribution is 7.90. The van der Waals surface area contributed by atoms with Gasteiger partial charge in [0.15, 0.2) is 11.6 Å². The van der Waals surface area contributed by atoms with Crippen molar-refractivity contribution in [3.63, 3.8) is 0 Å². The van der Waals surface area contributed by atoms with Crippen LogP contribution in [0.25, 0.3) is 0 Å². The van der Waals surface area contributed by atoms with Crippen molar-refractivity contribution in [1.29, 1.82) is 0 Å². The number of aryl methyl sites for hydroxylation is 1. The molecule has 0 amide bonds. The number of hydrogen-bond donors (Lipinski definition) is 0. The van der Waals surface area contributed by atoms with Gasteiger partial charge in [0.25, 0.3) is 10.0 Å². The van der Waals surface area contributed by atoms with Crippen molar-refractivity contribution in [2.75, 3.05) is 0 Å². The third kappa shape index (κ3) is 4.23. The summed E-state index contributed by atoms with van der Waals surface area (Å²) in [6, 6.07) is 15.4. The maximum Gasteiger partial charge on any atom is 0.284 e. The van der Waals surface area contributed by atoms with Gasteiger partial charge < -0.3 is 0 Å². The highest BCUT2D eigenvalue weighted by Gasteiger charge is 2.18. The number of nitrogens with zero attached hydrogens (tertiary/aromatic N) is 2. The molecule has 0 N–H and O–H groups in total. The van der Waals surface area contributed by atoms with Crippen molar-refractivity contribution in [3.05, 3.63) is 89.0 Å². The van der Waals surface area contributed by atoms with Crippen LogP contribution in [0.4, 0.5) is 0 Å². The van der Waals surface area contributed by atoms with E-state index in [2.05, 4.69) is 9.39 Å². The van der Waals surface area contributed by atoms with Crippen LogP contribution in [0.5, 0.6) is 0 Å². The molecule has 28 heavy (non-hydrogen) atoms. The van der Waals surface area contributed by atoms with E-state index >= 15 is 0 Å². The zero-order valence-corrected chi connectivity index (χ0v) is 16.7. The van der Waals surface area contributed by atoms with E-state index in [0.717, 1.165) is 5.56 Å². The molecule has 142 valence electrons. The lowest BCUT2D eigenvalue weighted by Gasteiger charge is -2.12. The average molecular weight is 392 g/mol. The van der Waals surface area contributed by atoms with E-state index in [1.54, 1.807) is 56.3 Å². The Kier molecular flexibility index (Phi) is 5.51. The maximum absolute atomic E-state index is 12.8. The second kappa shape index (κ2) is 7.86. The van der Waals surface area contributed by atoms with E-state index < -0.39 is 10.0 Å². The number of allylic oxidation sites excluding steroid dienone is 4. The molecule has 0 saturated carbocycles. The predicted octanol–water partition coefficient (Wildman–Crippen LogP) is 4.05. The molecule has 0 radical (unpaired) electrons. The molecule has 6 heteroatoms. The average Bonchev–Trinajstić information content (AvgIpc) is 2.68. The van der Waals surface area contributed by atoms with Crippen LogP contribution in [0.3, 0.4) is 0 Å². The molecule has 1 aliphatic rings. The van der Waals surface area contributed by atoms with Gasteiger partial charge in [-0.25, -0.2) is 4.99 Å². The Morgan fingerprint density at radius 1 is 0.821 bits per heavy atom. The van der Waals surface area contributed by atoms with Gasteiger partial charge in [-0.05, 0) is 50.6 Å². The zero-order valence-electron chi connectivity index (χ0n) is 15.9. The summed E-state index contributed by atoms with van der Waals surface area (Å²) in [5, 5.41) is 0. The highest BCUT2D eigenvalue weighted by atomic mass is 32.2. The first-order valence-corrected chi connectivity index (χ1v) is 10.2. The topological polar surface area (TPSA) is 75.9 Å². The van der Waals surface area contributed by atoms with Crippen molar-refractivity contribution < 1.29 is 13.2 Å². The fourth-order valence-electron chi connectivity index (χ4n) is 2.62. The molecule has 0 unspecified atom stereocenters. The quantitative estimate of drug-likeness (QED) is 0.449. The molecular formula is C22H20N2O3S. The van der Waals surface area contributed by atoms with Gasteiger partial charge >= 0.3 is 0 Å². The van der Waals surface area contributed by atoms with E-state index in [-0.39, 0.29) is 16.5 Å². The fraction of sp³-hybridized carbons (Fsp3) is 0.136. The van der Waals surface area contributed by atoms with E-state index in [4.69, 9.17) is 0 Å². The Bertz CT molecular complexity index is 1140. The summed E-state index contributed by atoms with van der Waals surface area (Å²) in [6.45, 7) is 5.39. The lowest BCUT2D eigenvalue weighted by Crippen LogP contribution is -2.14. The van der Waals surface area contributed by atoms with Crippen LogP contribution in [-0.4, -0.2) is 25.7 Å². The molecule has 0 saturated heterocycles. The van der Waals surface area contributed by atoms with Crippen LogP contribution in [0, 0.1) is 6.92 Å². The Labute approximate surface area is 164 Å². The molecule has 0 fully saturated rings. The van der Waals surface area contributed by atoms with Gasteiger partial charge in [-0.1, -0.05) is 48.0 Å². The van der Waals surface area contributed by atoms with Crippen molar-refractivity contribution in [2.24, 2.45) is 9.39 Å². The van der Waals surface area contributed by atoms with Gasteiger partial charge in [0.1, 0.15) is 0 Å². The number of aliphatic imine (C=N–C) groups is 1. The standard InChI is InChI=1S/C22H20N2O3S/c1-15-9-11-19(12-10-15)28(26,27)24-22(18-7-5-4-6-8-18)23-20-13-14-21(25)17(3)16(20)2/h4-14H,1-3H3/b23-20?,24-22-. The van der Waals surface area contributed by atoms with Gasteiger partial charge in [0.05, 0.1) is 10.6 Å². The summed E-state index contributed by atoms with van der Waals surface area (Å²) < 4.78 is 29.7. The van der Waals surface area contributed by atoms with Crippen LogP contribution < -0.4 is 0 Å². The molecule has 3 rings (SSSR count). The molecule has 2 aromatic rings. The first-order valence-electron chi connectivity index (χ1n) is 8.74. The highest BCUT2D eigenvalue weighted by Crippen LogP contribution is 2.18. The number of benzene rings is 2. The third-order valence-corrected chi connectivity index (χ3v) is 5.77. The summed E-state index contributed by atoms with van der Waals surface area (Å²) in [4.78, 5) is 16.4. The number of rotatable bonds is 3. The van der Waals surface area contributed by atoms with Crippen molar-refractivity contribution in [1.82, 2.24) is 0 Å². The summed E-state index contributed by atoms with van der Waals surface area (Å²) in [5.74, 6) is -0.00995. The van der Waals surface area contributed by atoms with Gasteiger partial charge in [-0.15, -0.1) is 4.40 Å². The van der Waals surface area contributed by atoms with Crippen LogP contribution in [0.15, 0.2) is 92.2 Å². The summed E-state index contributed by atoms with van der Waals surface area (Å²) in [7, 11) is -3.94. The van der Waals surface area contributed by atoms with Crippen molar-refractivity contribution in [3.8, 4) is 0 Å². The lowest BCUT2D eigenvalue weighted by molar-refractivity contribution is -0.111. The van der Waals surface area contributed by atoms with Crippen molar-refractivity contribution >= 4 is 27.4 Å². The number of carbonyl (C=O) groups excluding carboxylic acids is 1. The summed E-state index contributed by atoms with van der Waals surface area (Å²) >= 11 is 0. The fourth-order valence-corrected chi connectivity index (χ4v) is 3.58. The minimum Gasteiger partial charge on any atom is -0.290 e. The molecule has 5 nitrogen and oxygen atoms in total. The number of amidine groups is 1. The van der Waals surface area contributed by atoms with E-state index in [0.29, 0.717) is 22.4 Å². The smallest absolute Gasteiger partial charge is 0.284 e. The second-order valence-electron chi connectivity index (χ2n) is 6.51.